The predicted molar refractivity (Wildman–Crippen MR) is 100 cm³/mol. The van der Waals surface area contributed by atoms with Crippen LogP contribution in [0.4, 0.5) is 0 Å². The van der Waals surface area contributed by atoms with E-state index in [4.69, 9.17) is 9.47 Å². The summed E-state index contributed by atoms with van der Waals surface area (Å²) in [6, 6.07) is 4.66. The van der Waals surface area contributed by atoms with Crippen LogP contribution in [-0.2, 0) is 11.4 Å². The summed E-state index contributed by atoms with van der Waals surface area (Å²) < 4.78 is 11.1. The van der Waals surface area contributed by atoms with Gasteiger partial charge in [-0.15, -0.1) is 11.3 Å². The van der Waals surface area contributed by atoms with E-state index >= 15 is 0 Å². The molecule has 1 aromatic heterocycles. The number of carbonyl (C=O) groups excluding carboxylic acids is 1. The normalized spacial score (nSPS) is 19.6. The molecule has 0 saturated carbocycles. The first-order chi connectivity index (χ1) is 13.0. The third-order valence-electron chi connectivity index (χ3n) is 4.84. The number of thiazole rings is 1. The number of carbonyl (C=O) groups is 2. The van der Waals surface area contributed by atoms with Gasteiger partial charge in [-0.1, -0.05) is 0 Å². The Morgan fingerprint density at radius 3 is 2.85 bits per heavy atom. The number of likely N-dealkylation sites (tertiary alicyclic amines) is 1. The van der Waals surface area contributed by atoms with Crippen LogP contribution in [0.15, 0.2) is 29.1 Å². The van der Waals surface area contributed by atoms with Crippen LogP contribution in [0.25, 0.3) is 0 Å². The molecule has 7 nitrogen and oxygen atoms in total. The molecule has 144 valence electrons. The molecule has 0 radical (unpaired) electrons. The van der Waals surface area contributed by atoms with E-state index < -0.39 is 11.9 Å². The molecule has 1 N–H and O–H groups in total. The Hall–Kier alpha value is -2.61. The molecular weight excluding hydrogens is 368 g/mol. The van der Waals surface area contributed by atoms with E-state index in [-0.39, 0.29) is 11.9 Å². The van der Waals surface area contributed by atoms with Crippen molar-refractivity contribution < 1.29 is 24.2 Å². The van der Waals surface area contributed by atoms with Gasteiger partial charge in [0.15, 0.2) is 11.5 Å². The number of nitrogens with zero attached hydrogens (tertiary/aromatic N) is 2. The summed E-state index contributed by atoms with van der Waals surface area (Å²) in [5, 5.41) is 11.3. The Morgan fingerprint density at radius 1 is 1.37 bits per heavy atom. The number of ether oxygens (including phenoxy) is 2. The van der Waals surface area contributed by atoms with Gasteiger partial charge in [-0.05, 0) is 38.0 Å². The maximum atomic E-state index is 12.9. The minimum Gasteiger partial charge on any atom is -0.493 e. The van der Waals surface area contributed by atoms with Gasteiger partial charge in [0, 0.05) is 23.5 Å². The molecule has 8 heteroatoms. The fraction of sp³-hybridized carbons (Fsp3) is 0.421. The second-order valence-corrected chi connectivity index (χ2v) is 7.18. The summed E-state index contributed by atoms with van der Waals surface area (Å²) >= 11 is 1.49. The van der Waals surface area contributed by atoms with Gasteiger partial charge in [0.25, 0.3) is 5.91 Å². The van der Waals surface area contributed by atoms with E-state index in [1.54, 1.807) is 35.5 Å². The van der Waals surface area contributed by atoms with Gasteiger partial charge in [-0.2, -0.15) is 0 Å². The van der Waals surface area contributed by atoms with Crippen LogP contribution < -0.4 is 9.47 Å². The standard InChI is InChI=1S/C19H22N2O5S/c1-12-15(19(23)24)4-3-7-21(12)18(22)13-5-6-16(17(8-13)25-2)26-9-14-10-27-11-20-14/h5-6,8,10-12,15H,3-4,7,9H2,1-2H3,(H,23,24)/t12-,15-/m0/s1. The molecule has 1 saturated heterocycles. The number of aromatic nitrogens is 1. The van der Waals surface area contributed by atoms with Gasteiger partial charge in [0.1, 0.15) is 6.61 Å². The highest BCUT2D eigenvalue weighted by atomic mass is 32.1. The largest absolute Gasteiger partial charge is 0.493 e. The third kappa shape index (κ3) is 4.21. The SMILES string of the molecule is COc1cc(C(=O)N2CCC[C@H](C(=O)O)[C@@H]2C)ccc1OCc1cscn1. The third-order valence-corrected chi connectivity index (χ3v) is 5.47. The number of carboxylic acid groups (broad SMARTS) is 1. The molecule has 1 aromatic carbocycles. The molecule has 2 heterocycles. The molecule has 0 bridgehead atoms. The molecule has 27 heavy (non-hydrogen) atoms. The van der Waals surface area contributed by atoms with Crippen molar-refractivity contribution in [3.8, 4) is 11.5 Å². The van der Waals surface area contributed by atoms with Crippen molar-refractivity contribution in [1.82, 2.24) is 9.88 Å². The van der Waals surface area contributed by atoms with E-state index in [1.807, 2.05) is 5.38 Å². The zero-order chi connectivity index (χ0) is 19.4. The first-order valence-corrected chi connectivity index (χ1v) is 9.67. The highest BCUT2D eigenvalue weighted by Gasteiger charge is 2.35. The van der Waals surface area contributed by atoms with Crippen molar-refractivity contribution in [3.63, 3.8) is 0 Å². The van der Waals surface area contributed by atoms with Crippen molar-refractivity contribution in [2.24, 2.45) is 5.92 Å². The molecule has 0 spiro atoms. The number of benzene rings is 1. The number of rotatable bonds is 6. The fourth-order valence-corrected chi connectivity index (χ4v) is 3.85. The van der Waals surface area contributed by atoms with Crippen LogP contribution >= 0.6 is 11.3 Å². The summed E-state index contributed by atoms with van der Waals surface area (Å²) in [6.07, 6.45) is 1.27. The smallest absolute Gasteiger partial charge is 0.308 e. The van der Waals surface area contributed by atoms with Gasteiger partial charge in [-0.3, -0.25) is 9.59 Å². The zero-order valence-electron chi connectivity index (χ0n) is 15.3. The number of aliphatic carboxylic acids is 1. The van der Waals surface area contributed by atoms with E-state index in [2.05, 4.69) is 4.98 Å². The monoisotopic (exact) mass is 390 g/mol. The molecule has 1 aliphatic rings. The molecular formula is C19H22N2O5S. The van der Waals surface area contributed by atoms with E-state index in [1.165, 1.54) is 18.4 Å². The number of hydrogen-bond acceptors (Lipinski definition) is 6. The van der Waals surface area contributed by atoms with Crippen molar-refractivity contribution in [3.05, 3.63) is 40.3 Å². The van der Waals surface area contributed by atoms with Crippen molar-refractivity contribution >= 4 is 23.2 Å². The lowest BCUT2D eigenvalue weighted by Crippen LogP contribution is -2.49. The Bertz CT molecular complexity index is 808. The number of carboxylic acids is 1. The second kappa shape index (κ2) is 8.39. The van der Waals surface area contributed by atoms with E-state index in [0.29, 0.717) is 43.1 Å². The van der Waals surface area contributed by atoms with Gasteiger partial charge >= 0.3 is 5.97 Å². The zero-order valence-corrected chi connectivity index (χ0v) is 16.1. The quantitative estimate of drug-likeness (QED) is 0.815. The Labute approximate surface area is 161 Å². The minimum atomic E-state index is -0.858. The van der Waals surface area contributed by atoms with Crippen LogP contribution in [0.5, 0.6) is 11.5 Å². The van der Waals surface area contributed by atoms with Crippen LogP contribution in [-0.4, -0.2) is 46.6 Å². The lowest BCUT2D eigenvalue weighted by Gasteiger charge is -2.37. The first-order valence-electron chi connectivity index (χ1n) is 8.73. The Balaban J connectivity index is 1.75. The van der Waals surface area contributed by atoms with Gasteiger partial charge < -0.3 is 19.5 Å². The summed E-state index contributed by atoms with van der Waals surface area (Å²) in [4.78, 5) is 30.1. The first kappa shape index (κ1) is 19.2. The minimum absolute atomic E-state index is 0.196. The van der Waals surface area contributed by atoms with E-state index in [0.717, 1.165) is 5.69 Å². The summed E-state index contributed by atoms with van der Waals surface area (Å²) in [5.41, 5.74) is 3.01. The van der Waals surface area contributed by atoms with Crippen LogP contribution in [0.2, 0.25) is 0 Å². The lowest BCUT2D eigenvalue weighted by atomic mass is 9.90. The van der Waals surface area contributed by atoms with Crippen LogP contribution in [0.1, 0.15) is 35.8 Å². The van der Waals surface area contributed by atoms with Gasteiger partial charge in [0.05, 0.1) is 24.2 Å². The van der Waals surface area contributed by atoms with Gasteiger partial charge in [0.2, 0.25) is 0 Å². The van der Waals surface area contributed by atoms with Crippen molar-refractivity contribution in [2.75, 3.05) is 13.7 Å². The van der Waals surface area contributed by atoms with Crippen LogP contribution in [0.3, 0.4) is 0 Å². The molecule has 0 unspecified atom stereocenters. The Morgan fingerprint density at radius 2 is 2.19 bits per heavy atom. The highest BCUT2D eigenvalue weighted by Crippen LogP contribution is 2.31. The van der Waals surface area contributed by atoms with Crippen LogP contribution in [0, 0.1) is 5.92 Å². The molecule has 3 rings (SSSR count). The summed E-state index contributed by atoms with van der Waals surface area (Å²) in [5.74, 6) is -0.612. The van der Waals surface area contributed by atoms with E-state index in [9.17, 15) is 14.7 Å². The summed E-state index contributed by atoms with van der Waals surface area (Å²) in [6.45, 7) is 2.66. The fourth-order valence-electron chi connectivity index (χ4n) is 3.31. The van der Waals surface area contributed by atoms with Crippen molar-refractivity contribution in [2.45, 2.75) is 32.4 Å². The molecule has 1 amide bonds. The maximum absolute atomic E-state index is 12.9. The number of piperidine rings is 1. The number of hydrogen-bond donors (Lipinski definition) is 1. The topological polar surface area (TPSA) is 89.0 Å². The van der Waals surface area contributed by atoms with Gasteiger partial charge in [-0.25, -0.2) is 4.98 Å². The predicted octanol–water partition coefficient (Wildman–Crippen LogP) is 3.06. The average molecular weight is 390 g/mol. The Kier molecular flexibility index (Phi) is 5.95. The maximum Gasteiger partial charge on any atom is 0.308 e. The average Bonchev–Trinajstić information content (AvgIpc) is 3.19. The van der Waals surface area contributed by atoms with Crippen molar-refractivity contribution in [1.29, 1.82) is 0 Å². The number of amides is 1. The second-order valence-electron chi connectivity index (χ2n) is 6.46. The number of methoxy groups -OCH3 is 1. The summed E-state index contributed by atoms with van der Waals surface area (Å²) in [7, 11) is 1.52. The lowest BCUT2D eigenvalue weighted by molar-refractivity contribution is -0.144. The molecule has 1 aliphatic heterocycles. The molecule has 2 atom stereocenters. The molecule has 0 aliphatic carbocycles. The highest BCUT2D eigenvalue weighted by molar-refractivity contribution is 7.07. The molecule has 1 fully saturated rings. The molecule has 2 aromatic rings.